The van der Waals surface area contributed by atoms with E-state index in [1.54, 1.807) is 12.1 Å². The quantitative estimate of drug-likeness (QED) is 0.713. The second-order valence-corrected chi connectivity index (χ2v) is 8.71. The van der Waals surface area contributed by atoms with Crippen LogP contribution in [0, 0.1) is 6.92 Å². The summed E-state index contributed by atoms with van der Waals surface area (Å²) in [6.07, 6.45) is 0.888. The van der Waals surface area contributed by atoms with Crippen LogP contribution in [-0.2, 0) is 14.8 Å². The van der Waals surface area contributed by atoms with Crippen LogP contribution in [0.25, 0.3) is 0 Å². The van der Waals surface area contributed by atoms with Crippen molar-refractivity contribution >= 4 is 21.6 Å². The number of methoxy groups -OCH3 is 1. The van der Waals surface area contributed by atoms with Crippen molar-refractivity contribution in [1.29, 1.82) is 0 Å². The van der Waals surface area contributed by atoms with Gasteiger partial charge in [-0.05, 0) is 44.0 Å². The van der Waals surface area contributed by atoms with Crippen LogP contribution in [0.5, 0.6) is 11.5 Å². The number of carbonyl (C=O) groups is 1. The van der Waals surface area contributed by atoms with Crippen LogP contribution in [0.4, 0.5) is 14.5 Å². The number of ether oxygens (including phenoxy) is 2. The number of aryl methyl sites for hydroxylation is 1. The third-order valence-electron chi connectivity index (χ3n) is 4.78. The summed E-state index contributed by atoms with van der Waals surface area (Å²) >= 11 is 0. The molecule has 0 spiro atoms. The van der Waals surface area contributed by atoms with Crippen LogP contribution < -0.4 is 14.8 Å². The second kappa shape index (κ2) is 8.97. The number of anilines is 1. The SMILES string of the molecule is COc1ccc(NC(=O)[C@@H]2CCCN2S(=O)(=O)c2ccc(C)cc2)cc1OC(F)F. The summed E-state index contributed by atoms with van der Waals surface area (Å²) in [6.45, 7) is -0.991. The minimum Gasteiger partial charge on any atom is -0.493 e. The van der Waals surface area contributed by atoms with Gasteiger partial charge in [0.15, 0.2) is 11.5 Å². The van der Waals surface area contributed by atoms with E-state index in [9.17, 15) is 22.0 Å². The summed E-state index contributed by atoms with van der Waals surface area (Å²) in [5.41, 5.74) is 1.11. The monoisotopic (exact) mass is 440 g/mol. The smallest absolute Gasteiger partial charge is 0.387 e. The summed E-state index contributed by atoms with van der Waals surface area (Å²) in [7, 11) is -2.54. The molecule has 2 aromatic rings. The number of benzene rings is 2. The summed E-state index contributed by atoms with van der Waals surface area (Å²) < 4.78 is 61.8. The fourth-order valence-electron chi connectivity index (χ4n) is 3.30. The number of sulfonamides is 1. The fourth-order valence-corrected chi connectivity index (χ4v) is 4.96. The Morgan fingerprint density at radius 3 is 2.50 bits per heavy atom. The maximum Gasteiger partial charge on any atom is 0.387 e. The van der Waals surface area contributed by atoms with Crippen LogP contribution in [0.1, 0.15) is 18.4 Å². The molecule has 0 aliphatic carbocycles. The average molecular weight is 440 g/mol. The summed E-state index contributed by atoms with van der Waals surface area (Å²) in [6, 6.07) is 9.55. The topological polar surface area (TPSA) is 84.9 Å². The first-order chi connectivity index (χ1) is 14.2. The van der Waals surface area contributed by atoms with Crippen molar-refractivity contribution in [2.75, 3.05) is 19.0 Å². The van der Waals surface area contributed by atoms with Gasteiger partial charge in [0.05, 0.1) is 12.0 Å². The van der Waals surface area contributed by atoms with Crippen LogP contribution in [0.3, 0.4) is 0 Å². The Labute approximate surface area is 173 Å². The second-order valence-electron chi connectivity index (χ2n) is 6.82. The molecule has 2 aromatic carbocycles. The van der Waals surface area contributed by atoms with Crippen molar-refractivity contribution in [1.82, 2.24) is 4.31 Å². The van der Waals surface area contributed by atoms with Crippen LogP contribution in [0.2, 0.25) is 0 Å². The molecular weight excluding hydrogens is 418 g/mol. The van der Waals surface area contributed by atoms with E-state index in [0.717, 1.165) is 5.56 Å². The fraction of sp³-hybridized carbons (Fsp3) is 0.350. The molecule has 30 heavy (non-hydrogen) atoms. The van der Waals surface area contributed by atoms with Crippen molar-refractivity contribution in [3.05, 3.63) is 48.0 Å². The number of alkyl halides is 2. The molecule has 0 bridgehead atoms. The molecule has 1 atom stereocenters. The Balaban J connectivity index is 1.80. The molecule has 3 rings (SSSR count). The molecule has 1 amide bonds. The van der Waals surface area contributed by atoms with E-state index >= 15 is 0 Å². The number of amides is 1. The van der Waals surface area contributed by atoms with Gasteiger partial charge in [0.25, 0.3) is 0 Å². The van der Waals surface area contributed by atoms with Crippen LogP contribution in [-0.4, -0.2) is 44.9 Å². The Morgan fingerprint density at radius 1 is 1.17 bits per heavy atom. The van der Waals surface area contributed by atoms with Gasteiger partial charge in [-0.3, -0.25) is 4.79 Å². The van der Waals surface area contributed by atoms with Gasteiger partial charge in [0.2, 0.25) is 15.9 Å². The normalized spacial score (nSPS) is 17.2. The molecule has 0 unspecified atom stereocenters. The lowest BCUT2D eigenvalue weighted by Gasteiger charge is -2.23. The maximum atomic E-state index is 13.0. The molecule has 0 aromatic heterocycles. The van der Waals surface area contributed by atoms with Crippen molar-refractivity contribution in [2.45, 2.75) is 37.3 Å². The Bertz CT molecular complexity index is 1010. The number of hydrogen-bond donors (Lipinski definition) is 1. The van der Waals surface area contributed by atoms with Gasteiger partial charge in [0, 0.05) is 18.3 Å². The molecule has 1 heterocycles. The molecule has 7 nitrogen and oxygen atoms in total. The lowest BCUT2D eigenvalue weighted by atomic mass is 10.2. The van der Waals surface area contributed by atoms with Gasteiger partial charge in [0.1, 0.15) is 6.04 Å². The zero-order valence-corrected chi connectivity index (χ0v) is 17.3. The first kappa shape index (κ1) is 22.0. The van der Waals surface area contributed by atoms with Crippen LogP contribution >= 0.6 is 0 Å². The highest BCUT2D eigenvalue weighted by atomic mass is 32.2. The van der Waals surface area contributed by atoms with Crippen molar-refractivity contribution in [3.8, 4) is 11.5 Å². The van der Waals surface area contributed by atoms with E-state index in [4.69, 9.17) is 4.74 Å². The molecule has 1 aliphatic heterocycles. The summed E-state index contributed by atoms with van der Waals surface area (Å²) in [4.78, 5) is 12.9. The molecule has 1 N–H and O–H groups in total. The average Bonchev–Trinajstić information content (AvgIpc) is 3.19. The van der Waals surface area contributed by atoms with E-state index < -0.39 is 28.6 Å². The predicted octanol–water partition coefficient (Wildman–Crippen LogP) is 3.40. The highest BCUT2D eigenvalue weighted by molar-refractivity contribution is 7.89. The van der Waals surface area contributed by atoms with Gasteiger partial charge in [-0.2, -0.15) is 13.1 Å². The zero-order chi connectivity index (χ0) is 21.9. The van der Waals surface area contributed by atoms with Crippen molar-refractivity contribution < 1.29 is 31.5 Å². The number of nitrogens with one attached hydrogen (secondary N) is 1. The molecule has 0 radical (unpaired) electrons. The van der Waals surface area contributed by atoms with E-state index in [2.05, 4.69) is 10.1 Å². The zero-order valence-electron chi connectivity index (χ0n) is 16.5. The number of hydrogen-bond acceptors (Lipinski definition) is 5. The molecule has 10 heteroatoms. The lowest BCUT2D eigenvalue weighted by Crippen LogP contribution is -2.43. The van der Waals surface area contributed by atoms with Gasteiger partial charge < -0.3 is 14.8 Å². The Hall–Kier alpha value is -2.72. The number of nitrogens with zero attached hydrogens (tertiary/aromatic N) is 1. The third kappa shape index (κ3) is 4.71. The summed E-state index contributed by atoms with van der Waals surface area (Å²) in [5.74, 6) is -0.699. The van der Waals surface area contributed by atoms with E-state index in [1.807, 2.05) is 6.92 Å². The van der Waals surface area contributed by atoms with Gasteiger partial charge in [-0.1, -0.05) is 17.7 Å². The third-order valence-corrected chi connectivity index (χ3v) is 6.70. The highest BCUT2D eigenvalue weighted by Gasteiger charge is 2.39. The molecule has 0 saturated carbocycles. The Kier molecular flexibility index (Phi) is 6.57. The van der Waals surface area contributed by atoms with Crippen LogP contribution in [0.15, 0.2) is 47.4 Å². The van der Waals surface area contributed by atoms with E-state index in [-0.39, 0.29) is 28.6 Å². The predicted molar refractivity (Wildman–Crippen MR) is 106 cm³/mol. The van der Waals surface area contributed by atoms with Gasteiger partial charge in [-0.15, -0.1) is 0 Å². The standard InChI is InChI=1S/C20H22F2N2O5S/c1-13-5-8-15(9-6-13)30(26,27)24-11-3-4-16(24)19(25)23-14-7-10-17(28-2)18(12-14)29-20(21)22/h5-10,12,16,20H,3-4,11H2,1-2H3,(H,23,25)/t16-/m0/s1. The number of rotatable bonds is 7. The van der Waals surface area contributed by atoms with Gasteiger partial charge in [-0.25, -0.2) is 8.42 Å². The molecule has 1 aliphatic rings. The molecule has 1 saturated heterocycles. The molecule has 1 fully saturated rings. The largest absolute Gasteiger partial charge is 0.493 e. The highest BCUT2D eigenvalue weighted by Crippen LogP contribution is 2.32. The maximum absolute atomic E-state index is 13.0. The lowest BCUT2D eigenvalue weighted by molar-refractivity contribution is -0.119. The van der Waals surface area contributed by atoms with Crippen molar-refractivity contribution in [2.24, 2.45) is 0 Å². The first-order valence-electron chi connectivity index (χ1n) is 9.24. The minimum atomic E-state index is -3.85. The van der Waals surface area contributed by atoms with Crippen molar-refractivity contribution in [3.63, 3.8) is 0 Å². The number of carbonyl (C=O) groups excluding carboxylic acids is 1. The minimum absolute atomic E-state index is 0.0812. The molecule has 162 valence electrons. The van der Waals surface area contributed by atoms with E-state index in [0.29, 0.717) is 12.8 Å². The summed E-state index contributed by atoms with van der Waals surface area (Å²) in [5, 5.41) is 2.59. The first-order valence-corrected chi connectivity index (χ1v) is 10.7. The van der Waals surface area contributed by atoms with E-state index in [1.165, 1.54) is 41.7 Å². The number of halogens is 2. The van der Waals surface area contributed by atoms with Gasteiger partial charge >= 0.3 is 6.61 Å². The Morgan fingerprint density at radius 2 is 1.87 bits per heavy atom. The molecular formula is C20H22F2N2O5S.